The highest BCUT2D eigenvalue weighted by molar-refractivity contribution is 5.89. The van der Waals surface area contributed by atoms with E-state index in [1.807, 2.05) is 0 Å². The van der Waals surface area contributed by atoms with Gasteiger partial charge in [0, 0.05) is 4.91 Å². The van der Waals surface area contributed by atoms with E-state index in [0.717, 1.165) is 0 Å². The van der Waals surface area contributed by atoms with Crippen LogP contribution in [0.4, 0.5) is 0 Å². The van der Waals surface area contributed by atoms with E-state index in [4.69, 9.17) is 5.53 Å². The van der Waals surface area contributed by atoms with Crippen LogP contribution in [-0.2, 0) is 4.84 Å². The minimum atomic E-state index is -0.659. The molecule has 1 rings (SSSR count). The first-order valence-electron chi connectivity index (χ1n) is 3.15. The molecule has 0 saturated carbocycles. The molecule has 0 spiro atoms. The maximum atomic E-state index is 10.9. The summed E-state index contributed by atoms with van der Waals surface area (Å²) in [5.41, 5.74) is 8.19. The molecule has 0 amide bonds. The normalized spacial score (nSPS) is 8.33. The first-order valence-corrected chi connectivity index (χ1v) is 3.15. The molecule has 5 heteroatoms. The van der Waals surface area contributed by atoms with Gasteiger partial charge in [0.1, 0.15) is 5.28 Å². The molecule has 0 unspecified atom stereocenters. The third-order valence-corrected chi connectivity index (χ3v) is 1.17. The van der Waals surface area contributed by atoms with Gasteiger partial charge < -0.3 is 4.84 Å². The van der Waals surface area contributed by atoms with Gasteiger partial charge in [-0.3, -0.25) is 0 Å². The van der Waals surface area contributed by atoms with Crippen LogP contribution < -0.4 is 0 Å². The molecule has 0 radical (unpaired) electrons. The van der Waals surface area contributed by atoms with E-state index in [1.54, 1.807) is 30.3 Å². The molecule has 0 fully saturated rings. The average Bonchev–Trinajstić information content (AvgIpc) is 2.15. The predicted octanol–water partition coefficient (Wildman–Crippen LogP) is 2.07. The summed E-state index contributed by atoms with van der Waals surface area (Å²) in [5, 5.41) is 2.68. The molecule has 0 atom stereocenters. The second-order valence-electron chi connectivity index (χ2n) is 1.92. The van der Waals surface area contributed by atoms with Gasteiger partial charge in [-0.05, 0) is 17.7 Å². The van der Waals surface area contributed by atoms with Gasteiger partial charge in [-0.15, -0.1) is 0 Å². The highest BCUT2D eigenvalue weighted by Crippen LogP contribution is 2.00. The van der Waals surface area contributed by atoms with Crippen molar-refractivity contribution >= 4 is 5.97 Å². The molecule has 0 aliphatic heterocycles. The van der Waals surface area contributed by atoms with Crippen molar-refractivity contribution in [2.45, 2.75) is 0 Å². The molecule has 0 aliphatic carbocycles. The van der Waals surface area contributed by atoms with Gasteiger partial charge in [0.05, 0.1) is 5.56 Å². The highest BCUT2D eigenvalue weighted by atomic mass is 16.7. The van der Waals surface area contributed by atoms with Crippen LogP contribution in [0.15, 0.2) is 35.6 Å². The number of azide groups is 1. The third-order valence-electron chi connectivity index (χ3n) is 1.17. The van der Waals surface area contributed by atoms with Gasteiger partial charge in [0.25, 0.3) is 0 Å². The number of carbonyl (C=O) groups excluding carboxylic acids is 1. The van der Waals surface area contributed by atoms with E-state index in [9.17, 15) is 4.79 Å². The Balaban J connectivity index is 2.72. The summed E-state index contributed by atoms with van der Waals surface area (Å²) >= 11 is 0. The molecule has 60 valence electrons. The standard InChI is InChI=1S/C7H5N3O2/c8-9-10-12-7(11)6-4-2-1-3-5-6/h1-5H. The smallest absolute Gasteiger partial charge is 0.349 e. The van der Waals surface area contributed by atoms with Crippen LogP contribution in [0.5, 0.6) is 0 Å². The van der Waals surface area contributed by atoms with E-state index >= 15 is 0 Å². The fourth-order valence-corrected chi connectivity index (χ4v) is 0.682. The number of benzene rings is 1. The van der Waals surface area contributed by atoms with Crippen LogP contribution in [0, 0.1) is 0 Å². The maximum Gasteiger partial charge on any atom is 0.349 e. The van der Waals surface area contributed by atoms with Crippen LogP contribution in [-0.4, -0.2) is 5.97 Å². The number of rotatable bonds is 2. The van der Waals surface area contributed by atoms with Gasteiger partial charge in [0.15, 0.2) is 0 Å². The van der Waals surface area contributed by atoms with Crippen LogP contribution in [0.3, 0.4) is 0 Å². The van der Waals surface area contributed by atoms with Crippen LogP contribution in [0.2, 0.25) is 0 Å². The van der Waals surface area contributed by atoms with Gasteiger partial charge in [0.2, 0.25) is 0 Å². The monoisotopic (exact) mass is 163 g/mol. The first-order chi connectivity index (χ1) is 5.84. The molecule has 5 nitrogen and oxygen atoms in total. The van der Waals surface area contributed by atoms with E-state index in [2.05, 4.69) is 15.0 Å². The number of nitrogens with zero attached hydrogens (tertiary/aromatic N) is 3. The van der Waals surface area contributed by atoms with Gasteiger partial charge in [-0.25, -0.2) is 4.79 Å². The largest absolute Gasteiger partial charge is 0.355 e. The van der Waals surface area contributed by atoms with Crippen LogP contribution in [0.1, 0.15) is 10.4 Å². The summed E-state index contributed by atoms with van der Waals surface area (Å²) in [5.74, 6) is -0.659. The summed E-state index contributed by atoms with van der Waals surface area (Å²) < 4.78 is 0. The molecule has 0 saturated heterocycles. The van der Waals surface area contributed by atoms with Gasteiger partial charge in [-0.2, -0.15) is 0 Å². The fraction of sp³-hybridized carbons (Fsp3) is 0. The van der Waals surface area contributed by atoms with E-state index in [0.29, 0.717) is 5.56 Å². The Morgan fingerprint density at radius 3 is 2.67 bits per heavy atom. The average molecular weight is 163 g/mol. The zero-order valence-corrected chi connectivity index (χ0v) is 6.04. The Morgan fingerprint density at radius 1 is 1.42 bits per heavy atom. The lowest BCUT2D eigenvalue weighted by Crippen LogP contribution is -1.98. The first kappa shape index (κ1) is 8.10. The lowest BCUT2D eigenvalue weighted by Gasteiger charge is -1.94. The van der Waals surface area contributed by atoms with Crippen molar-refractivity contribution in [2.75, 3.05) is 0 Å². The van der Waals surface area contributed by atoms with Crippen molar-refractivity contribution < 1.29 is 9.63 Å². The second kappa shape index (κ2) is 4.00. The summed E-state index contributed by atoms with van der Waals surface area (Å²) in [6, 6.07) is 8.27. The van der Waals surface area contributed by atoms with Crippen molar-refractivity contribution in [3.8, 4) is 0 Å². The molecule has 0 aliphatic rings. The molecule has 1 aromatic carbocycles. The van der Waals surface area contributed by atoms with Crippen molar-refractivity contribution in [3.05, 3.63) is 46.3 Å². The summed E-state index contributed by atoms with van der Waals surface area (Å²) in [7, 11) is 0. The summed E-state index contributed by atoms with van der Waals surface area (Å²) in [4.78, 5) is 17.3. The minimum absolute atomic E-state index is 0.352. The quantitative estimate of drug-likeness (QED) is 0.289. The van der Waals surface area contributed by atoms with Crippen molar-refractivity contribution in [3.63, 3.8) is 0 Å². The van der Waals surface area contributed by atoms with E-state index in [1.165, 1.54) is 0 Å². The molecular weight excluding hydrogens is 158 g/mol. The van der Waals surface area contributed by atoms with Crippen molar-refractivity contribution in [2.24, 2.45) is 5.28 Å². The third kappa shape index (κ3) is 2.00. The van der Waals surface area contributed by atoms with Crippen molar-refractivity contribution in [1.29, 1.82) is 0 Å². The van der Waals surface area contributed by atoms with E-state index in [-0.39, 0.29) is 0 Å². The fourth-order valence-electron chi connectivity index (χ4n) is 0.682. The SMILES string of the molecule is [N-]=[N+]=NOC(=O)c1ccccc1. The van der Waals surface area contributed by atoms with Gasteiger partial charge in [-0.1, -0.05) is 18.2 Å². The number of hydrogen-bond donors (Lipinski definition) is 0. The number of hydrogen-bond acceptors (Lipinski definition) is 3. The topological polar surface area (TPSA) is 75.1 Å². The Bertz CT molecular complexity index is 317. The van der Waals surface area contributed by atoms with E-state index < -0.39 is 5.97 Å². The van der Waals surface area contributed by atoms with Crippen LogP contribution in [0.25, 0.3) is 10.4 Å². The molecule has 0 heterocycles. The minimum Gasteiger partial charge on any atom is -0.355 e. The molecule has 0 bridgehead atoms. The summed E-state index contributed by atoms with van der Waals surface area (Å²) in [6.07, 6.45) is 0. The lowest BCUT2D eigenvalue weighted by atomic mass is 10.2. The molecule has 0 N–H and O–H groups in total. The lowest BCUT2D eigenvalue weighted by molar-refractivity contribution is 0.0506. The van der Waals surface area contributed by atoms with Crippen LogP contribution >= 0.6 is 0 Å². The predicted molar refractivity (Wildman–Crippen MR) is 41.0 cm³/mol. The molecule has 0 aromatic heterocycles. The zero-order chi connectivity index (χ0) is 8.81. The Hall–Kier alpha value is -2.00. The highest BCUT2D eigenvalue weighted by Gasteiger charge is 2.03. The Labute approximate surface area is 68.2 Å². The number of carbonyl (C=O) groups is 1. The van der Waals surface area contributed by atoms with Gasteiger partial charge >= 0.3 is 5.97 Å². The maximum absolute atomic E-state index is 10.9. The summed E-state index contributed by atoms with van der Waals surface area (Å²) in [6.45, 7) is 0. The zero-order valence-electron chi connectivity index (χ0n) is 6.04. The Morgan fingerprint density at radius 2 is 2.08 bits per heavy atom. The molecule has 12 heavy (non-hydrogen) atoms. The second-order valence-corrected chi connectivity index (χ2v) is 1.92. The van der Waals surface area contributed by atoms with Crippen molar-refractivity contribution in [1.82, 2.24) is 0 Å². The Kier molecular flexibility index (Phi) is 2.70. The molecule has 1 aromatic rings. The molecular formula is C7H5N3O2.